The highest BCUT2D eigenvalue weighted by Gasteiger charge is 2.84. The molecule has 2 amide bonds. The predicted octanol–water partition coefficient (Wildman–Crippen LogP) is 6.33. The number of amides is 2. The van der Waals surface area contributed by atoms with Gasteiger partial charge in [-0.15, -0.1) is 0 Å². The monoisotopic (exact) mass is 596 g/mol. The SMILES string of the molecule is O=C(Nc1ccccc1Br)C(F)(F)C(F)(F)C(F)(F)C(F)(F)C(=O)Nc1ccccc1Br. The van der Waals surface area contributed by atoms with Crippen molar-refractivity contribution in [3.05, 3.63) is 57.5 Å². The number of hydrogen-bond acceptors (Lipinski definition) is 2. The van der Waals surface area contributed by atoms with Gasteiger partial charge in [0, 0.05) is 8.95 Å². The fourth-order valence-electron chi connectivity index (χ4n) is 2.21. The van der Waals surface area contributed by atoms with Crippen molar-refractivity contribution in [3.8, 4) is 0 Å². The van der Waals surface area contributed by atoms with Crippen molar-refractivity contribution in [2.75, 3.05) is 10.6 Å². The van der Waals surface area contributed by atoms with E-state index >= 15 is 0 Å². The van der Waals surface area contributed by atoms with E-state index in [2.05, 4.69) is 31.9 Å². The summed E-state index contributed by atoms with van der Waals surface area (Å²) in [5, 5.41) is 2.51. The minimum atomic E-state index is -6.97. The number of alkyl halides is 8. The molecule has 4 nitrogen and oxygen atoms in total. The van der Waals surface area contributed by atoms with Crippen LogP contribution in [0.4, 0.5) is 46.5 Å². The Labute approximate surface area is 191 Å². The number of nitrogens with one attached hydrogen (secondary N) is 2. The summed E-state index contributed by atoms with van der Waals surface area (Å²) in [5.74, 6) is -32.6. The molecule has 14 heteroatoms. The summed E-state index contributed by atoms with van der Waals surface area (Å²) in [7, 11) is 0. The highest BCUT2D eigenvalue weighted by molar-refractivity contribution is 9.11. The molecule has 0 saturated heterocycles. The third-order valence-electron chi connectivity index (χ3n) is 4.00. The van der Waals surface area contributed by atoms with Crippen LogP contribution in [0, 0.1) is 0 Å². The third-order valence-corrected chi connectivity index (χ3v) is 5.38. The van der Waals surface area contributed by atoms with E-state index in [4.69, 9.17) is 0 Å². The molecule has 0 bridgehead atoms. The second kappa shape index (κ2) is 8.96. The zero-order valence-corrected chi connectivity index (χ0v) is 18.4. The third kappa shape index (κ3) is 4.47. The van der Waals surface area contributed by atoms with Gasteiger partial charge in [0.1, 0.15) is 0 Å². The van der Waals surface area contributed by atoms with Crippen LogP contribution in [0.1, 0.15) is 0 Å². The lowest BCUT2D eigenvalue weighted by atomic mass is 9.97. The number of para-hydroxylation sites is 2. The quantitative estimate of drug-likeness (QED) is 0.367. The van der Waals surface area contributed by atoms with E-state index in [1.165, 1.54) is 47.0 Å². The van der Waals surface area contributed by atoms with Gasteiger partial charge in [0.25, 0.3) is 0 Å². The molecule has 0 fully saturated rings. The Bertz CT molecular complexity index is 952. The maximum Gasteiger partial charge on any atom is 0.393 e. The van der Waals surface area contributed by atoms with E-state index < -0.39 is 46.9 Å². The molecule has 0 heterocycles. The molecular formula is C18H10Br2F8N2O2. The summed E-state index contributed by atoms with van der Waals surface area (Å²) in [6.07, 6.45) is 0. The highest BCUT2D eigenvalue weighted by Crippen LogP contribution is 2.53. The Morgan fingerprint density at radius 3 is 1.16 bits per heavy atom. The van der Waals surface area contributed by atoms with Gasteiger partial charge < -0.3 is 10.6 Å². The van der Waals surface area contributed by atoms with Crippen LogP contribution >= 0.6 is 31.9 Å². The molecule has 2 N–H and O–H groups in total. The van der Waals surface area contributed by atoms with Crippen molar-refractivity contribution in [3.63, 3.8) is 0 Å². The van der Waals surface area contributed by atoms with E-state index in [1.54, 1.807) is 0 Å². The molecule has 2 rings (SSSR count). The molecule has 32 heavy (non-hydrogen) atoms. The molecule has 2 aromatic rings. The lowest BCUT2D eigenvalue weighted by Gasteiger charge is -2.35. The van der Waals surface area contributed by atoms with Crippen LogP contribution in [0.15, 0.2) is 57.5 Å². The summed E-state index contributed by atoms with van der Waals surface area (Å²) in [6.45, 7) is 0. The molecule has 0 aromatic heterocycles. The van der Waals surface area contributed by atoms with Crippen LogP contribution in [-0.2, 0) is 9.59 Å². The first-order valence-electron chi connectivity index (χ1n) is 8.20. The van der Waals surface area contributed by atoms with Crippen LogP contribution in [0.25, 0.3) is 0 Å². The van der Waals surface area contributed by atoms with Gasteiger partial charge in [-0.1, -0.05) is 24.3 Å². The fourth-order valence-corrected chi connectivity index (χ4v) is 2.97. The Hall–Kier alpha value is -2.22. The minimum Gasteiger partial charge on any atom is -0.320 e. The van der Waals surface area contributed by atoms with Gasteiger partial charge >= 0.3 is 35.5 Å². The number of carbonyl (C=O) groups excluding carboxylic acids is 2. The van der Waals surface area contributed by atoms with Gasteiger partial charge in [0.05, 0.1) is 11.4 Å². The molecule has 0 unspecified atom stereocenters. The summed E-state index contributed by atoms with van der Waals surface area (Å²) in [6, 6.07) is 9.37. The molecule has 0 aliphatic heterocycles. The topological polar surface area (TPSA) is 58.2 Å². The van der Waals surface area contributed by atoms with Crippen molar-refractivity contribution >= 4 is 55.0 Å². The largest absolute Gasteiger partial charge is 0.393 e. The smallest absolute Gasteiger partial charge is 0.320 e. The highest BCUT2D eigenvalue weighted by atomic mass is 79.9. The molecule has 0 spiro atoms. The van der Waals surface area contributed by atoms with Gasteiger partial charge in [-0.2, -0.15) is 35.1 Å². The van der Waals surface area contributed by atoms with Gasteiger partial charge in [-0.3, -0.25) is 9.59 Å². The Balaban J connectivity index is 2.36. The van der Waals surface area contributed by atoms with Crippen LogP contribution in [-0.4, -0.2) is 35.5 Å². The summed E-state index contributed by atoms with van der Waals surface area (Å²) < 4.78 is 112. The lowest BCUT2D eigenvalue weighted by Crippen LogP contribution is -2.67. The second-order valence-electron chi connectivity index (χ2n) is 6.17. The van der Waals surface area contributed by atoms with Gasteiger partial charge in [0.2, 0.25) is 0 Å². The number of rotatable bonds is 7. The number of carbonyl (C=O) groups is 2. The van der Waals surface area contributed by atoms with Gasteiger partial charge in [-0.05, 0) is 56.1 Å². The average Bonchev–Trinajstić information content (AvgIpc) is 2.70. The van der Waals surface area contributed by atoms with Crippen molar-refractivity contribution in [2.45, 2.75) is 23.7 Å². The average molecular weight is 598 g/mol. The first-order valence-corrected chi connectivity index (χ1v) is 9.79. The van der Waals surface area contributed by atoms with E-state index in [-0.39, 0.29) is 8.95 Å². The Morgan fingerprint density at radius 2 is 0.875 bits per heavy atom. The molecular weight excluding hydrogens is 588 g/mol. The van der Waals surface area contributed by atoms with Crippen LogP contribution in [0.5, 0.6) is 0 Å². The molecule has 0 atom stereocenters. The van der Waals surface area contributed by atoms with Crippen LogP contribution in [0.3, 0.4) is 0 Å². The summed E-state index contributed by atoms with van der Waals surface area (Å²) in [5.41, 5.74) is -1.04. The standard InChI is InChI=1S/C18H10Br2F8N2O2/c19-9-5-1-3-7-11(9)29-13(31)15(21,22)17(25,26)18(27,28)16(23,24)14(32)30-12-8-4-2-6-10(12)20/h1-8H,(H,29,31)(H,30,32). The zero-order valence-electron chi connectivity index (χ0n) is 15.2. The first-order chi connectivity index (χ1) is 14.6. The Kier molecular flexibility index (Phi) is 7.29. The lowest BCUT2D eigenvalue weighted by molar-refractivity contribution is -0.345. The zero-order chi connectivity index (χ0) is 24.5. The van der Waals surface area contributed by atoms with E-state index in [9.17, 15) is 44.7 Å². The van der Waals surface area contributed by atoms with Crippen LogP contribution < -0.4 is 10.6 Å². The fraction of sp³-hybridized carbons (Fsp3) is 0.222. The second-order valence-corrected chi connectivity index (χ2v) is 7.87. The maximum atomic E-state index is 14.1. The maximum absolute atomic E-state index is 14.1. The molecule has 0 aliphatic rings. The van der Waals surface area contributed by atoms with E-state index in [1.807, 2.05) is 0 Å². The Morgan fingerprint density at radius 1 is 0.594 bits per heavy atom. The predicted molar refractivity (Wildman–Crippen MR) is 105 cm³/mol. The molecule has 2 aromatic carbocycles. The van der Waals surface area contributed by atoms with Crippen LogP contribution in [0.2, 0.25) is 0 Å². The molecule has 0 radical (unpaired) electrons. The number of anilines is 2. The summed E-state index contributed by atoms with van der Waals surface area (Å²) in [4.78, 5) is 23.3. The van der Waals surface area contributed by atoms with E-state index in [0.717, 1.165) is 12.1 Å². The van der Waals surface area contributed by atoms with E-state index in [0.29, 0.717) is 0 Å². The number of hydrogen-bond donors (Lipinski definition) is 2. The number of halogens is 10. The van der Waals surface area contributed by atoms with Crippen molar-refractivity contribution in [1.82, 2.24) is 0 Å². The normalized spacial score (nSPS) is 12.9. The minimum absolute atomic E-state index is 0.0858. The van der Waals surface area contributed by atoms with Crippen molar-refractivity contribution in [2.24, 2.45) is 0 Å². The first kappa shape index (κ1) is 26.0. The van der Waals surface area contributed by atoms with Gasteiger partial charge in [0.15, 0.2) is 0 Å². The number of benzene rings is 2. The molecule has 0 saturated carbocycles. The van der Waals surface area contributed by atoms with Gasteiger partial charge in [-0.25, -0.2) is 0 Å². The van der Waals surface area contributed by atoms with Crippen molar-refractivity contribution in [1.29, 1.82) is 0 Å². The molecule has 0 aliphatic carbocycles. The summed E-state index contributed by atoms with van der Waals surface area (Å²) >= 11 is 5.60. The van der Waals surface area contributed by atoms with Crippen molar-refractivity contribution < 1.29 is 44.7 Å². The molecule has 174 valence electrons.